The van der Waals surface area contributed by atoms with E-state index in [1.165, 1.54) is 37.3 Å². The molecule has 9 nitrogen and oxygen atoms in total. The van der Waals surface area contributed by atoms with Crippen molar-refractivity contribution >= 4 is 39.1 Å². The van der Waals surface area contributed by atoms with Crippen molar-refractivity contribution in [3.8, 4) is 11.5 Å². The lowest BCUT2D eigenvalue weighted by Crippen LogP contribution is -2.53. The van der Waals surface area contributed by atoms with Gasteiger partial charge in [0, 0.05) is 23.7 Å². The van der Waals surface area contributed by atoms with Crippen LogP contribution >= 0.6 is 11.6 Å². The molecule has 0 unspecified atom stereocenters. The minimum absolute atomic E-state index is 0.000355. The van der Waals surface area contributed by atoms with Gasteiger partial charge in [0.15, 0.2) is 0 Å². The predicted molar refractivity (Wildman–Crippen MR) is 165 cm³/mol. The molecule has 42 heavy (non-hydrogen) atoms. The number of rotatable bonds is 13. The third-order valence-corrected chi connectivity index (χ3v) is 8.65. The number of aryl methyl sites for hydroxylation is 1. The SMILES string of the molecule is CC[C@@H](C(=O)NC(C)C)N(Cc1ccc(Cl)cc1)C(=O)CN(c1cc(OC)ccc1OC)S(=O)(=O)c1ccc(C)cc1. The number of methoxy groups -OCH3 is 2. The van der Waals surface area contributed by atoms with Gasteiger partial charge in [-0.2, -0.15) is 0 Å². The van der Waals surface area contributed by atoms with Gasteiger partial charge < -0.3 is 19.7 Å². The minimum Gasteiger partial charge on any atom is -0.497 e. The molecule has 1 atom stereocenters. The number of carbonyl (C=O) groups is 2. The van der Waals surface area contributed by atoms with Crippen LogP contribution in [0, 0.1) is 6.92 Å². The Morgan fingerprint density at radius 2 is 1.60 bits per heavy atom. The number of halogens is 1. The number of nitrogens with one attached hydrogen (secondary N) is 1. The average molecular weight is 616 g/mol. The third kappa shape index (κ3) is 7.95. The summed E-state index contributed by atoms with van der Waals surface area (Å²) in [4.78, 5) is 28.9. The van der Waals surface area contributed by atoms with E-state index in [0.717, 1.165) is 15.4 Å². The van der Waals surface area contributed by atoms with Crippen molar-refractivity contribution in [2.45, 2.75) is 57.6 Å². The average Bonchev–Trinajstić information content (AvgIpc) is 2.96. The van der Waals surface area contributed by atoms with Gasteiger partial charge in [-0.25, -0.2) is 8.42 Å². The molecule has 0 aliphatic rings. The summed E-state index contributed by atoms with van der Waals surface area (Å²) < 4.78 is 40.2. The zero-order chi connectivity index (χ0) is 31.0. The fraction of sp³-hybridized carbons (Fsp3) is 0.355. The number of benzene rings is 3. The van der Waals surface area contributed by atoms with E-state index >= 15 is 0 Å². The van der Waals surface area contributed by atoms with Gasteiger partial charge in [0.25, 0.3) is 10.0 Å². The van der Waals surface area contributed by atoms with Crippen LogP contribution in [0.15, 0.2) is 71.6 Å². The first-order chi connectivity index (χ1) is 19.9. The molecule has 0 fully saturated rings. The summed E-state index contributed by atoms with van der Waals surface area (Å²) in [5, 5.41) is 3.41. The molecule has 3 aromatic carbocycles. The zero-order valence-corrected chi connectivity index (χ0v) is 26.3. The maximum atomic E-state index is 14.2. The first-order valence-electron chi connectivity index (χ1n) is 13.6. The maximum Gasteiger partial charge on any atom is 0.264 e. The maximum absolute atomic E-state index is 14.2. The largest absolute Gasteiger partial charge is 0.497 e. The van der Waals surface area contributed by atoms with E-state index in [0.29, 0.717) is 17.2 Å². The van der Waals surface area contributed by atoms with Crippen molar-refractivity contribution < 1.29 is 27.5 Å². The van der Waals surface area contributed by atoms with E-state index in [1.54, 1.807) is 55.5 Å². The topological polar surface area (TPSA) is 105 Å². The van der Waals surface area contributed by atoms with Gasteiger partial charge in [-0.3, -0.25) is 13.9 Å². The smallest absolute Gasteiger partial charge is 0.264 e. The molecule has 0 saturated heterocycles. The van der Waals surface area contributed by atoms with Gasteiger partial charge in [0.1, 0.15) is 24.1 Å². The Morgan fingerprint density at radius 3 is 2.14 bits per heavy atom. The van der Waals surface area contributed by atoms with Crippen molar-refractivity contribution in [2.24, 2.45) is 0 Å². The number of nitrogens with zero attached hydrogens (tertiary/aromatic N) is 2. The van der Waals surface area contributed by atoms with Crippen LogP contribution in [0.3, 0.4) is 0 Å². The van der Waals surface area contributed by atoms with E-state index < -0.39 is 28.5 Å². The summed E-state index contributed by atoms with van der Waals surface area (Å²) in [6, 6.07) is 17.0. The summed E-state index contributed by atoms with van der Waals surface area (Å²) in [7, 11) is -1.40. The fourth-order valence-corrected chi connectivity index (χ4v) is 5.97. The highest BCUT2D eigenvalue weighted by atomic mass is 35.5. The highest BCUT2D eigenvalue weighted by Gasteiger charge is 2.35. The standard InChI is InChI=1S/C31H38ClN3O6S/c1-7-27(31(37)33-21(2)3)34(19-23-10-12-24(32)13-11-23)30(36)20-35(28-18-25(40-5)14-17-29(28)41-6)42(38,39)26-15-8-22(4)9-16-26/h8-18,21,27H,7,19-20H2,1-6H3,(H,33,37)/t27-/m0/s1. The van der Waals surface area contributed by atoms with Gasteiger partial charge in [-0.1, -0.05) is 48.4 Å². The van der Waals surface area contributed by atoms with Crippen LogP contribution in [0.2, 0.25) is 5.02 Å². The van der Waals surface area contributed by atoms with Gasteiger partial charge in [-0.15, -0.1) is 0 Å². The van der Waals surface area contributed by atoms with Crippen LogP contribution in [0.1, 0.15) is 38.3 Å². The summed E-state index contributed by atoms with van der Waals surface area (Å²) in [6.07, 6.45) is 0.311. The minimum atomic E-state index is -4.27. The second-order valence-corrected chi connectivity index (χ2v) is 12.4. The van der Waals surface area contributed by atoms with E-state index in [1.807, 2.05) is 20.8 Å². The molecule has 0 radical (unpaired) electrons. The Balaban J connectivity index is 2.15. The van der Waals surface area contributed by atoms with E-state index in [4.69, 9.17) is 21.1 Å². The van der Waals surface area contributed by atoms with Crippen LogP contribution in [0.25, 0.3) is 0 Å². The van der Waals surface area contributed by atoms with Crippen LogP contribution in [0.5, 0.6) is 11.5 Å². The molecule has 0 aliphatic carbocycles. The molecule has 11 heteroatoms. The molecule has 226 valence electrons. The molecule has 2 amide bonds. The molecule has 0 spiro atoms. The molecule has 0 bridgehead atoms. The predicted octanol–water partition coefficient (Wildman–Crippen LogP) is 5.19. The van der Waals surface area contributed by atoms with Gasteiger partial charge in [0.2, 0.25) is 11.8 Å². The van der Waals surface area contributed by atoms with Gasteiger partial charge >= 0.3 is 0 Å². The van der Waals surface area contributed by atoms with Crippen molar-refractivity contribution in [3.05, 3.63) is 82.9 Å². The Kier molecular flexibility index (Phi) is 11.2. The molecule has 3 aromatic rings. The molecular weight excluding hydrogens is 578 g/mol. The molecule has 1 N–H and O–H groups in total. The van der Waals surface area contributed by atoms with Crippen LogP contribution in [-0.2, 0) is 26.2 Å². The molecule has 3 rings (SSSR count). The first kappa shape index (κ1) is 32.8. The summed E-state index contributed by atoms with van der Waals surface area (Å²) >= 11 is 6.08. The van der Waals surface area contributed by atoms with Crippen molar-refractivity contribution in [1.82, 2.24) is 10.2 Å². The number of hydrogen-bond donors (Lipinski definition) is 1. The Morgan fingerprint density at radius 1 is 0.952 bits per heavy atom. The lowest BCUT2D eigenvalue weighted by molar-refractivity contribution is -0.140. The number of anilines is 1. The second-order valence-electron chi connectivity index (χ2n) is 10.1. The molecule has 0 saturated carbocycles. The molecule has 0 aliphatic heterocycles. The van der Waals surface area contributed by atoms with Gasteiger partial charge in [0.05, 0.1) is 24.8 Å². The van der Waals surface area contributed by atoms with E-state index in [2.05, 4.69) is 5.32 Å². The monoisotopic (exact) mass is 615 g/mol. The molecule has 0 aromatic heterocycles. The number of carbonyl (C=O) groups excluding carboxylic acids is 2. The summed E-state index contributed by atoms with van der Waals surface area (Å²) in [5.41, 5.74) is 1.74. The Hall–Kier alpha value is -3.76. The Bertz CT molecular complexity index is 1480. The number of hydrogen-bond acceptors (Lipinski definition) is 6. The van der Waals surface area contributed by atoms with Crippen molar-refractivity contribution in [1.29, 1.82) is 0 Å². The zero-order valence-electron chi connectivity index (χ0n) is 24.8. The fourth-order valence-electron chi connectivity index (χ4n) is 4.43. The van der Waals surface area contributed by atoms with E-state index in [-0.39, 0.29) is 34.8 Å². The Labute approximate surface area is 253 Å². The lowest BCUT2D eigenvalue weighted by atomic mass is 10.1. The van der Waals surface area contributed by atoms with Crippen LogP contribution < -0.4 is 19.1 Å². The van der Waals surface area contributed by atoms with Crippen LogP contribution in [-0.4, -0.2) is 58.0 Å². The number of amides is 2. The number of ether oxygens (including phenoxy) is 2. The normalized spacial score (nSPS) is 12.0. The molecule has 0 heterocycles. The summed E-state index contributed by atoms with van der Waals surface area (Å²) in [6.45, 7) is 6.79. The van der Waals surface area contributed by atoms with E-state index in [9.17, 15) is 18.0 Å². The second kappa shape index (κ2) is 14.4. The lowest BCUT2D eigenvalue weighted by Gasteiger charge is -2.34. The third-order valence-electron chi connectivity index (χ3n) is 6.63. The highest BCUT2D eigenvalue weighted by molar-refractivity contribution is 7.92. The summed E-state index contributed by atoms with van der Waals surface area (Å²) in [5.74, 6) is -0.297. The highest BCUT2D eigenvalue weighted by Crippen LogP contribution is 2.36. The number of sulfonamides is 1. The first-order valence-corrected chi connectivity index (χ1v) is 15.4. The van der Waals surface area contributed by atoms with Crippen molar-refractivity contribution in [3.63, 3.8) is 0 Å². The molecular formula is C31H38ClN3O6S. The van der Waals surface area contributed by atoms with Crippen molar-refractivity contribution in [2.75, 3.05) is 25.1 Å². The van der Waals surface area contributed by atoms with Gasteiger partial charge in [-0.05, 0) is 69.2 Å². The van der Waals surface area contributed by atoms with Crippen LogP contribution in [0.4, 0.5) is 5.69 Å². The quantitative estimate of drug-likeness (QED) is 0.284.